The molecule has 13 heavy (non-hydrogen) atoms. The van der Waals surface area contributed by atoms with Crippen LogP contribution in [0.5, 0.6) is 0 Å². The number of aliphatic hydroxyl groups is 1. The third-order valence-corrected chi connectivity index (χ3v) is 3.52. The summed E-state index contributed by atoms with van der Waals surface area (Å²) in [6, 6.07) is 0. The maximum Gasteiger partial charge on any atom is 0.0615 e. The summed E-state index contributed by atoms with van der Waals surface area (Å²) in [5.41, 5.74) is 0.431. The van der Waals surface area contributed by atoms with Gasteiger partial charge in [0, 0.05) is 18.6 Å². The summed E-state index contributed by atoms with van der Waals surface area (Å²) in [5, 5.41) is 9.42. The Bertz CT molecular complexity index is 181. The Hall–Kier alpha value is -0.0800. The average Bonchev–Trinajstić information content (AvgIpc) is 1.98. The quantitative estimate of drug-likeness (QED) is 0.724. The highest BCUT2D eigenvalue weighted by Crippen LogP contribution is 2.37. The second kappa shape index (κ2) is 3.25. The first kappa shape index (κ1) is 11.0. The topological polar surface area (TPSA) is 23.5 Å². The van der Waals surface area contributed by atoms with E-state index in [0.717, 1.165) is 13.1 Å². The van der Waals surface area contributed by atoms with Crippen molar-refractivity contribution in [3.05, 3.63) is 0 Å². The Balaban J connectivity index is 2.60. The first-order valence-corrected chi connectivity index (χ1v) is 5.18. The number of rotatable bonds is 3. The molecule has 1 aliphatic rings. The number of aliphatic hydroxyl groups excluding tert-OH is 1. The van der Waals surface area contributed by atoms with Crippen molar-refractivity contribution in [3.63, 3.8) is 0 Å². The van der Waals surface area contributed by atoms with Crippen molar-refractivity contribution in [3.8, 4) is 0 Å². The molecule has 0 spiro atoms. The van der Waals surface area contributed by atoms with Crippen LogP contribution >= 0.6 is 0 Å². The van der Waals surface area contributed by atoms with E-state index in [2.05, 4.69) is 39.5 Å². The third kappa shape index (κ3) is 1.89. The third-order valence-electron chi connectivity index (χ3n) is 3.52. The van der Waals surface area contributed by atoms with Gasteiger partial charge in [0.2, 0.25) is 0 Å². The highest BCUT2D eigenvalue weighted by Gasteiger charge is 2.45. The van der Waals surface area contributed by atoms with E-state index in [1.54, 1.807) is 0 Å². The lowest BCUT2D eigenvalue weighted by atomic mass is 9.76. The molecule has 0 aliphatic carbocycles. The van der Waals surface area contributed by atoms with Gasteiger partial charge in [0.05, 0.1) is 6.61 Å². The van der Waals surface area contributed by atoms with Crippen molar-refractivity contribution in [2.24, 2.45) is 11.3 Å². The number of nitrogens with zero attached hydrogens (tertiary/aromatic N) is 1. The molecule has 1 heterocycles. The van der Waals surface area contributed by atoms with E-state index < -0.39 is 0 Å². The summed E-state index contributed by atoms with van der Waals surface area (Å²) >= 11 is 0. The molecule has 0 saturated carbocycles. The molecule has 0 amide bonds. The van der Waals surface area contributed by atoms with Gasteiger partial charge >= 0.3 is 0 Å². The fourth-order valence-electron chi connectivity index (χ4n) is 2.00. The standard InChI is InChI=1S/C11H23NO/c1-9(2)11(5,8-13)12-6-10(3,4)7-12/h9,13H,6-8H2,1-5H3. The van der Waals surface area contributed by atoms with E-state index in [1.807, 2.05) is 0 Å². The number of hydrogen-bond donors (Lipinski definition) is 1. The average molecular weight is 185 g/mol. The number of likely N-dealkylation sites (tertiary alicyclic amines) is 1. The maximum atomic E-state index is 9.42. The van der Waals surface area contributed by atoms with Gasteiger partial charge in [-0.15, -0.1) is 0 Å². The molecule has 0 aromatic rings. The molecule has 2 nitrogen and oxygen atoms in total. The van der Waals surface area contributed by atoms with Crippen LogP contribution in [0.15, 0.2) is 0 Å². The van der Waals surface area contributed by atoms with Crippen LogP contribution in [0.4, 0.5) is 0 Å². The molecule has 1 N–H and O–H groups in total. The second-order valence-corrected chi connectivity index (χ2v) is 5.69. The molecule has 0 aromatic carbocycles. The summed E-state index contributed by atoms with van der Waals surface area (Å²) < 4.78 is 0. The summed E-state index contributed by atoms with van der Waals surface area (Å²) in [6.07, 6.45) is 0. The highest BCUT2D eigenvalue weighted by molar-refractivity contribution is 4.99. The summed E-state index contributed by atoms with van der Waals surface area (Å²) in [4.78, 5) is 2.40. The van der Waals surface area contributed by atoms with Gasteiger partial charge in [-0.25, -0.2) is 0 Å². The molecule has 78 valence electrons. The van der Waals surface area contributed by atoms with Crippen LogP contribution in [0.2, 0.25) is 0 Å². The Morgan fingerprint density at radius 1 is 1.38 bits per heavy atom. The first-order chi connectivity index (χ1) is 5.82. The van der Waals surface area contributed by atoms with Gasteiger partial charge in [0.15, 0.2) is 0 Å². The minimum absolute atomic E-state index is 0.0183. The molecule has 1 saturated heterocycles. The largest absolute Gasteiger partial charge is 0.394 e. The van der Waals surface area contributed by atoms with Gasteiger partial charge in [0.1, 0.15) is 0 Å². The Kier molecular flexibility index (Phi) is 2.75. The van der Waals surface area contributed by atoms with Crippen molar-refractivity contribution in [2.75, 3.05) is 19.7 Å². The van der Waals surface area contributed by atoms with Gasteiger partial charge in [-0.05, 0) is 18.3 Å². The van der Waals surface area contributed by atoms with Gasteiger partial charge in [0.25, 0.3) is 0 Å². The van der Waals surface area contributed by atoms with Crippen LogP contribution in [-0.4, -0.2) is 35.2 Å². The fraction of sp³-hybridized carbons (Fsp3) is 1.00. The molecule has 0 bridgehead atoms. The van der Waals surface area contributed by atoms with Crippen molar-refractivity contribution >= 4 is 0 Å². The summed E-state index contributed by atoms with van der Waals surface area (Å²) in [5.74, 6) is 0.508. The van der Waals surface area contributed by atoms with Gasteiger partial charge < -0.3 is 5.11 Å². The van der Waals surface area contributed by atoms with E-state index in [1.165, 1.54) is 0 Å². The molecule has 1 atom stereocenters. The molecule has 1 rings (SSSR count). The van der Waals surface area contributed by atoms with Crippen molar-refractivity contribution in [1.82, 2.24) is 4.90 Å². The molecule has 1 aliphatic heterocycles. The monoisotopic (exact) mass is 185 g/mol. The zero-order chi connectivity index (χ0) is 10.3. The Labute approximate surface area is 81.9 Å². The van der Waals surface area contributed by atoms with Crippen molar-refractivity contribution in [1.29, 1.82) is 0 Å². The van der Waals surface area contributed by atoms with Crippen LogP contribution < -0.4 is 0 Å². The zero-order valence-electron chi connectivity index (χ0n) is 9.59. The maximum absolute atomic E-state index is 9.42. The van der Waals surface area contributed by atoms with Gasteiger partial charge in [-0.2, -0.15) is 0 Å². The molecular weight excluding hydrogens is 162 g/mol. The smallest absolute Gasteiger partial charge is 0.0615 e. The van der Waals surface area contributed by atoms with E-state index in [-0.39, 0.29) is 12.1 Å². The predicted molar refractivity (Wildman–Crippen MR) is 55.7 cm³/mol. The van der Waals surface area contributed by atoms with Crippen LogP contribution in [0.3, 0.4) is 0 Å². The SMILES string of the molecule is CC(C)C(C)(CO)N1CC(C)(C)C1. The molecule has 2 heteroatoms. The van der Waals surface area contributed by atoms with Crippen LogP contribution in [-0.2, 0) is 0 Å². The number of hydrogen-bond acceptors (Lipinski definition) is 2. The van der Waals surface area contributed by atoms with E-state index in [0.29, 0.717) is 11.3 Å². The lowest BCUT2D eigenvalue weighted by Gasteiger charge is -2.56. The first-order valence-electron chi connectivity index (χ1n) is 5.18. The van der Waals surface area contributed by atoms with Gasteiger partial charge in [-0.1, -0.05) is 27.7 Å². The Morgan fingerprint density at radius 2 is 1.85 bits per heavy atom. The lowest BCUT2D eigenvalue weighted by molar-refractivity contribution is -0.0942. The van der Waals surface area contributed by atoms with E-state index in [4.69, 9.17) is 0 Å². The molecule has 0 radical (unpaired) electrons. The lowest BCUT2D eigenvalue weighted by Crippen LogP contribution is -2.65. The predicted octanol–water partition coefficient (Wildman–Crippen LogP) is 1.74. The minimum Gasteiger partial charge on any atom is -0.394 e. The molecular formula is C11H23NO. The molecule has 0 aromatic heterocycles. The van der Waals surface area contributed by atoms with Crippen LogP contribution in [0.25, 0.3) is 0 Å². The normalized spacial score (nSPS) is 27.0. The van der Waals surface area contributed by atoms with Crippen LogP contribution in [0.1, 0.15) is 34.6 Å². The second-order valence-electron chi connectivity index (χ2n) is 5.69. The highest BCUT2D eigenvalue weighted by atomic mass is 16.3. The summed E-state index contributed by atoms with van der Waals surface area (Å²) in [7, 11) is 0. The minimum atomic E-state index is -0.0183. The van der Waals surface area contributed by atoms with Crippen molar-refractivity contribution < 1.29 is 5.11 Å². The summed E-state index contributed by atoms with van der Waals surface area (Å²) in [6.45, 7) is 13.6. The Morgan fingerprint density at radius 3 is 2.08 bits per heavy atom. The van der Waals surface area contributed by atoms with E-state index in [9.17, 15) is 5.11 Å². The zero-order valence-corrected chi connectivity index (χ0v) is 9.59. The molecule has 1 unspecified atom stereocenters. The van der Waals surface area contributed by atoms with Crippen LogP contribution in [0, 0.1) is 11.3 Å². The fourth-order valence-corrected chi connectivity index (χ4v) is 2.00. The van der Waals surface area contributed by atoms with E-state index >= 15 is 0 Å². The van der Waals surface area contributed by atoms with Crippen molar-refractivity contribution in [2.45, 2.75) is 40.2 Å². The molecule has 1 fully saturated rings. The van der Waals surface area contributed by atoms with Gasteiger partial charge in [-0.3, -0.25) is 4.90 Å².